The molecule has 5 nitrogen and oxygen atoms in total. The molecule has 2 aromatic rings. The number of pyridine rings is 1. The van der Waals surface area contributed by atoms with Crippen LogP contribution in [0.1, 0.15) is 10.4 Å². The van der Waals surface area contributed by atoms with E-state index < -0.39 is 5.97 Å². The van der Waals surface area contributed by atoms with Crippen molar-refractivity contribution in [3.8, 4) is 0 Å². The summed E-state index contributed by atoms with van der Waals surface area (Å²) in [5.41, 5.74) is 0.377. The Morgan fingerprint density at radius 3 is 2.65 bits per heavy atom. The van der Waals surface area contributed by atoms with Crippen molar-refractivity contribution in [1.29, 1.82) is 0 Å². The van der Waals surface area contributed by atoms with E-state index in [2.05, 4.69) is 10.3 Å². The largest absolute Gasteiger partial charge is 1.00 e. The number of carboxylic acid groups (broad SMARTS) is 1. The summed E-state index contributed by atoms with van der Waals surface area (Å²) < 4.78 is 0. The van der Waals surface area contributed by atoms with E-state index in [1.165, 1.54) is 24.4 Å². The maximum absolute atomic E-state index is 11.9. The number of nitrogens with zero attached hydrogens (tertiary/aromatic N) is 1. The van der Waals surface area contributed by atoms with Gasteiger partial charge in [-0.2, -0.15) is 0 Å². The van der Waals surface area contributed by atoms with Crippen molar-refractivity contribution >= 4 is 52.5 Å². The minimum atomic E-state index is -1.34. The third-order valence-corrected chi connectivity index (χ3v) is 4.09. The van der Waals surface area contributed by atoms with E-state index in [1.54, 1.807) is 12.1 Å². The number of benzene rings is 1. The van der Waals surface area contributed by atoms with Gasteiger partial charge >= 0.3 is 29.6 Å². The Bertz CT molecular complexity index is 731. The summed E-state index contributed by atoms with van der Waals surface area (Å²) in [5, 5.41) is 14.6. The Hall–Kier alpha value is -0.760. The van der Waals surface area contributed by atoms with Crippen LogP contribution in [0, 0.1) is 0 Å². The molecule has 0 bridgehead atoms. The van der Waals surface area contributed by atoms with E-state index in [1.807, 2.05) is 0 Å². The summed E-state index contributed by atoms with van der Waals surface area (Å²) in [6, 6.07) is 7.56. The van der Waals surface area contributed by atoms with Crippen LogP contribution >= 0.6 is 35.0 Å². The Morgan fingerprint density at radius 1 is 1.26 bits per heavy atom. The zero-order chi connectivity index (χ0) is 16.1. The van der Waals surface area contributed by atoms with Gasteiger partial charge in [0.15, 0.2) is 0 Å². The van der Waals surface area contributed by atoms with E-state index in [-0.39, 0.29) is 51.8 Å². The fraction of sp³-hybridized carbons (Fsp3) is 0.0714. The van der Waals surface area contributed by atoms with Gasteiger partial charge in [-0.15, -0.1) is 0 Å². The predicted octanol–water partition coefficient (Wildman–Crippen LogP) is -0.513. The van der Waals surface area contributed by atoms with Crippen molar-refractivity contribution < 1.29 is 44.3 Å². The van der Waals surface area contributed by atoms with Crippen LogP contribution in [0.3, 0.4) is 0 Å². The second-order valence-electron chi connectivity index (χ2n) is 4.10. The van der Waals surface area contributed by atoms with E-state index in [0.29, 0.717) is 15.7 Å². The molecule has 0 saturated heterocycles. The zero-order valence-electron chi connectivity index (χ0n) is 12.0. The SMILES string of the molecule is O=C(CSc1ncccc1C(=O)[O-])Nc1ccc(Cl)cc1Cl.[Na+]. The van der Waals surface area contributed by atoms with Gasteiger partial charge in [0.05, 0.1) is 22.4 Å². The van der Waals surface area contributed by atoms with Crippen molar-refractivity contribution in [3.05, 3.63) is 52.1 Å². The van der Waals surface area contributed by atoms with Crippen molar-refractivity contribution in [1.82, 2.24) is 4.98 Å². The molecular formula is C14H9Cl2N2NaO3S. The molecule has 9 heteroatoms. The van der Waals surface area contributed by atoms with Gasteiger partial charge in [0.2, 0.25) is 5.91 Å². The molecule has 0 radical (unpaired) electrons. The molecule has 0 aliphatic carbocycles. The predicted molar refractivity (Wildman–Crippen MR) is 84.4 cm³/mol. The monoisotopic (exact) mass is 378 g/mol. The molecule has 1 aromatic heterocycles. The number of carbonyl (C=O) groups excluding carboxylic acids is 2. The third kappa shape index (κ3) is 5.99. The second-order valence-corrected chi connectivity index (χ2v) is 5.91. The maximum Gasteiger partial charge on any atom is 1.00 e. The van der Waals surface area contributed by atoms with Gasteiger partial charge < -0.3 is 15.2 Å². The van der Waals surface area contributed by atoms with Gasteiger partial charge in [-0.1, -0.05) is 35.0 Å². The minimum absolute atomic E-state index is 0. The minimum Gasteiger partial charge on any atom is -0.545 e. The molecule has 0 fully saturated rings. The van der Waals surface area contributed by atoms with Crippen molar-refractivity contribution in [2.45, 2.75) is 5.03 Å². The molecule has 1 amide bonds. The van der Waals surface area contributed by atoms with Crippen LogP contribution in [0.2, 0.25) is 10.0 Å². The zero-order valence-corrected chi connectivity index (χ0v) is 16.3. The summed E-state index contributed by atoms with van der Waals surface area (Å²) in [6.07, 6.45) is 1.45. The molecule has 1 aromatic carbocycles. The molecule has 1 heterocycles. The fourth-order valence-electron chi connectivity index (χ4n) is 1.57. The number of hydrogen-bond donors (Lipinski definition) is 1. The van der Waals surface area contributed by atoms with Crippen molar-refractivity contribution in [2.75, 3.05) is 11.1 Å². The van der Waals surface area contributed by atoms with Crippen LogP contribution in [-0.4, -0.2) is 22.6 Å². The molecule has 0 aliphatic heterocycles. The molecule has 1 N–H and O–H groups in total. The summed E-state index contributed by atoms with van der Waals surface area (Å²) in [6.45, 7) is 0. The number of aromatic nitrogens is 1. The summed E-state index contributed by atoms with van der Waals surface area (Å²) in [7, 11) is 0. The molecule has 0 aliphatic rings. The number of amides is 1. The van der Waals surface area contributed by atoms with Gasteiger partial charge in [-0.05, 0) is 30.3 Å². The standard InChI is InChI=1S/C14H10Cl2N2O3S.Na/c15-8-3-4-11(10(16)6-8)18-12(19)7-22-13-9(14(20)21)2-1-5-17-13;/h1-6H,7H2,(H,18,19)(H,20,21);/q;+1/p-1. The van der Waals surface area contributed by atoms with Gasteiger partial charge in [0, 0.05) is 16.8 Å². The number of aromatic carboxylic acids is 1. The molecule has 0 spiro atoms. The Kier molecular flexibility index (Phi) is 8.39. The van der Waals surface area contributed by atoms with E-state index in [4.69, 9.17) is 23.2 Å². The Morgan fingerprint density at radius 2 is 2.00 bits per heavy atom. The first-order chi connectivity index (χ1) is 10.5. The van der Waals surface area contributed by atoms with Crippen LogP contribution in [0.15, 0.2) is 41.6 Å². The molecule has 0 unspecified atom stereocenters. The number of rotatable bonds is 5. The van der Waals surface area contributed by atoms with Gasteiger partial charge in [0.25, 0.3) is 0 Å². The number of carbonyl (C=O) groups is 2. The number of nitrogens with one attached hydrogen (secondary N) is 1. The van der Waals surface area contributed by atoms with Crippen LogP contribution < -0.4 is 40.0 Å². The van der Waals surface area contributed by atoms with E-state index >= 15 is 0 Å². The number of anilines is 1. The molecule has 0 atom stereocenters. The molecule has 114 valence electrons. The van der Waals surface area contributed by atoms with Crippen LogP contribution in [0.25, 0.3) is 0 Å². The number of carboxylic acids is 1. The summed E-state index contributed by atoms with van der Waals surface area (Å²) in [4.78, 5) is 26.8. The van der Waals surface area contributed by atoms with Gasteiger partial charge in [0.1, 0.15) is 5.03 Å². The first-order valence-electron chi connectivity index (χ1n) is 6.01. The van der Waals surface area contributed by atoms with Gasteiger partial charge in [-0.3, -0.25) is 4.79 Å². The second kappa shape index (κ2) is 9.52. The molecular weight excluding hydrogens is 370 g/mol. The smallest absolute Gasteiger partial charge is 0.545 e. The first-order valence-corrected chi connectivity index (χ1v) is 7.75. The fourth-order valence-corrected chi connectivity index (χ4v) is 2.81. The Balaban J connectivity index is 0.00000264. The summed E-state index contributed by atoms with van der Waals surface area (Å²) >= 11 is 12.7. The number of halogens is 2. The van der Waals surface area contributed by atoms with Crippen molar-refractivity contribution in [3.63, 3.8) is 0 Å². The Labute approximate surface area is 169 Å². The molecule has 23 heavy (non-hydrogen) atoms. The number of thioether (sulfide) groups is 1. The van der Waals surface area contributed by atoms with Gasteiger partial charge in [-0.25, -0.2) is 4.98 Å². The third-order valence-electron chi connectivity index (χ3n) is 2.54. The van der Waals surface area contributed by atoms with Crippen LogP contribution in [-0.2, 0) is 4.79 Å². The summed E-state index contributed by atoms with van der Waals surface area (Å²) in [5.74, 6) is -1.70. The van der Waals surface area contributed by atoms with Crippen LogP contribution in [0.5, 0.6) is 0 Å². The topological polar surface area (TPSA) is 82.1 Å². The molecule has 2 rings (SSSR count). The quantitative estimate of drug-likeness (QED) is 0.559. The van der Waals surface area contributed by atoms with Crippen molar-refractivity contribution in [2.24, 2.45) is 0 Å². The molecule has 0 saturated carbocycles. The maximum atomic E-state index is 11.9. The van der Waals surface area contributed by atoms with E-state index in [9.17, 15) is 14.7 Å². The number of hydrogen-bond acceptors (Lipinski definition) is 5. The normalized spacial score (nSPS) is 9.83. The van der Waals surface area contributed by atoms with E-state index in [0.717, 1.165) is 11.8 Å². The average molecular weight is 379 g/mol. The van der Waals surface area contributed by atoms with Crippen LogP contribution in [0.4, 0.5) is 5.69 Å². The first kappa shape index (κ1) is 20.3. The average Bonchev–Trinajstić information content (AvgIpc) is 2.48.